The molecule has 0 aliphatic carbocycles. The number of H-pyrrole nitrogens is 1. The number of nitrogens with one attached hydrogen (secondary N) is 2. The summed E-state index contributed by atoms with van der Waals surface area (Å²) in [5.41, 5.74) is 3.82. The topological polar surface area (TPSA) is 64.5 Å². The average molecular weight is 290 g/mol. The summed E-state index contributed by atoms with van der Waals surface area (Å²) in [6, 6.07) is 14.7. The van der Waals surface area contributed by atoms with Gasteiger partial charge in [0.15, 0.2) is 0 Å². The van der Waals surface area contributed by atoms with Gasteiger partial charge in [0.1, 0.15) is 11.7 Å². The van der Waals surface area contributed by atoms with Crippen LogP contribution in [0.25, 0.3) is 11.0 Å². The number of rotatable bonds is 5. The van der Waals surface area contributed by atoms with E-state index in [1.54, 1.807) is 6.20 Å². The van der Waals surface area contributed by atoms with Crippen molar-refractivity contribution >= 4 is 11.0 Å². The minimum Gasteiger partial charge on any atom is -0.345 e. The Labute approximate surface area is 129 Å². The lowest BCUT2D eigenvalue weighted by Crippen LogP contribution is -2.13. The number of pyridine rings is 1. The molecule has 110 valence electrons. The summed E-state index contributed by atoms with van der Waals surface area (Å²) in [6.45, 7) is 0.926. The third kappa shape index (κ3) is 2.72. The van der Waals surface area contributed by atoms with Gasteiger partial charge >= 0.3 is 0 Å². The highest BCUT2D eigenvalue weighted by Gasteiger charge is 2.16. The zero-order valence-corrected chi connectivity index (χ0v) is 12.5. The fourth-order valence-electron chi connectivity index (χ4n) is 2.80. The van der Waals surface area contributed by atoms with E-state index in [-0.39, 0.29) is 5.92 Å². The van der Waals surface area contributed by atoms with Gasteiger partial charge in [-0.3, -0.25) is 0 Å². The molecule has 0 saturated heterocycles. The molecule has 22 heavy (non-hydrogen) atoms. The zero-order chi connectivity index (χ0) is 15.4. The largest absolute Gasteiger partial charge is 0.345 e. The smallest absolute Gasteiger partial charge is 0.138 e. The number of aromatic amines is 1. The molecule has 0 bridgehead atoms. The maximum atomic E-state index is 9.20. The first-order chi connectivity index (χ1) is 10.8. The van der Waals surface area contributed by atoms with Crippen LogP contribution in [0.1, 0.15) is 29.0 Å². The number of benzene rings is 1. The van der Waals surface area contributed by atoms with Gasteiger partial charge in [0.25, 0.3) is 0 Å². The molecule has 0 aliphatic rings. The lowest BCUT2D eigenvalue weighted by atomic mass is 9.89. The van der Waals surface area contributed by atoms with E-state index in [2.05, 4.69) is 51.7 Å². The number of fused-ring (bicyclic) bond motifs is 1. The van der Waals surface area contributed by atoms with Crippen LogP contribution in [-0.4, -0.2) is 23.6 Å². The summed E-state index contributed by atoms with van der Waals surface area (Å²) < 4.78 is 0. The van der Waals surface area contributed by atoms with Crippen molar-refractivity contribution in [1.82, 2.24) is 15.3 Å². The molecule has 1 unspecified atom stereocenters. The normalized spacial score (nSPS) is 12.2. The summed E-state index contributed by atoms with van der Waals surface area (Å²) in [6.07, 6.45) is 4.61. The highest BCUT2D eigenvalue weighted by molar-refractivity contribution is 5.83. The first-order valence-corrected chi connectivity index (χ1v) is 7.40. The molecule has 3 rings (SSSR count). The Bertz CT molecular complexity index is 799. The number of nitrogens with zero attached hydrogens (tertiary/aromatic N) is 2. The fourth-order valence-corrected chi connectivity index (χ4v) is 2.80. The second-order valence-electron chi connectivity index (χ2n) is 5.33. The SMILES string of the molecule is CNCCC(c1ccccc1)c1cnc2[nH]cc(C#N)c2c1. The summed E-state index contributed by atoms with van der Waals surface area (Å²) in [5, 5.41) is 13.3. The first kappa shape index (κ1) is 14.3. The lowest BCUT2D eigenvalue weighted by Gasteiger charge is -2.17. The van der Waals surface area contributed by atoms with Gasteiger partial charge in [-0.2, -0.15) is 5.26 Å². The van der Waals surface area contributed by atoms with E-state index in [4.69, 9.17) is 0 Å². The molecule has 0 saturated carbocycles. The molecule has 0 spiro atoms. The summed E-state index contributed by atoms with van der Waals surface area (Å²) >= 11 is 0. The molecule has 1 aromatic carbocycles. The van der Waals surface area contributed by atoms with Gasteiger partial charge in [0, 0.05) is 23.7 Å². The van der Waals surface area contributed by atoms with E-state index < -0.39 is 0 Å². The highest BCUT2D eigenvalue weighted by atomic mass is 14.8. The Kier molecular flexibility index (Phi) is 4.17. The second kappa shape index (κ2) is 6.42. The van der Waals surface area contributed by atoms with Crippen molar-refractivity contribution in [3.05, 3.63) is 65.5 Å². The monoisotopic (exact) mass is 290 g/mol. The lowest BCUT2D eigenvalue weighted by molar-refractivity contribution is 0.661. The summed E-state index contributed by atoms with van der Waals surface area (Å²) in [4.78, 5) is 7.52. The van der Waals surface area contributed by atoms with Crippen LogP contribution < -0.4 is 5.32 Å². The average Bonchev–Trinajstić information content (AvgIpc) is 2.98. The molecule has 0 aliphatic heterocycles. The Morgan fingerprint density at radius 1 is 1.27 bits per heavy atom. The van der Waals surface area contributed by atoms with Gasteiger partial charge in [-0.1, -0.05) is 30.3 Å². The molecule has 4 nitrogen and oxygen atoms in total. The Hall–Kier alpha value is -2.64. The summed E-state index contributed by atoms with van der Waals surface area (Å²) in [7, 11) is 1.96. The molecule has 2 N–H and O–H groups in total. The van der Waals surface area contributed by atoms with Gasteiger partial charge < -0.3 is 10.3 Å². The van der Waals surface area contributed by atoms with Crippen LogP contribution in [-0.2, 0) is 0 Å². The maximum absolute atomic E-state index is 9.20. The number of aromatic nitrogens is 2. The van der Waals surface area contributed by atoms with E-state index in [1.807, 2.05) is 19.3 Å². The van der Waals surface area contributed by atoms with Crippen molar-refractivity contribution in [2.24, 2.45) is 0 Å². The first-order valence-electron chi connectivity index (χ1n) is 7.40. The molecule has 3 aromatic rings. The molecule has 1 atom stereocenters. The third-order valence-corrected chi connectivity index (χ3v) is 3.96. The van der Waals surface area contributed by atoms with Crippen LogP contribution in [0.4, 0.5) is 0 Å². The third-order valence-electron chi connectivity index (χ3n) is 3.96. The number of hydrogen-bond donors (Lipinski definition) is 2. The minimum atomic E-state index is 0.270. The van der Waals surface area contributed by atoms with Crippen LogP contribution in [0, 0.1) is 11.3 Å². The fraction of sp³-hybridized carbons (Fsp3) is 0.222. The van der Waals surface area contributed by atoms with Gasteiger partial charge in [-0.25, -0.2) is 4.98 Å². The Balaban J connectivity index is 2.05. The van der Waals surface area contributed by atoms with Crippen LogP contribution in [0.2, 0.25) is 0 Å². The quantitative estimate of drug-likeness (QED) is 0.758. The highest BCUT2D eigenvalue weighted by Crippen LogP contribution is 2.29. The maximum Gasteiger partial charge on any atom is 0.138 e. The van der Waals surface area contributed by atoms with Gasteiger partial charge in [0.05, 0.1) is 5.56 Å². The molecule has 0 amide bonds. The van der Waals surface area contributed by atoms with Crippen molar-refractivity contribution in [1.29, 1.82) is 5.26 Å². The molecular formula is C18H18N4. The van der Waals surface area contributed by atoms with Crippen LogP contribution in [0.3, 0.4) is 0 Å². The number of hydrogen-bond acceptors (Lipinski definition) is 3. The van der Waals surface area contributed by atoms with Gasteiger partial charge in [-0.05, 0) is 37.2 Å². The minimum absolute atomic E-state index is 0.270. The molecule has 2 aromatic heterocycles. The van der Waals surface area contributed by atoms with Crippen molar-refractivity contribution in [3.8, 4) is 6.07 Å². The Morgan fingerprint density at radius 2 is 2.09 bits per heavy atom. The molecule has 0 fully saturated rings. The van der Waals surface area contributed by atoms with Crippen molar-refractivity contribution < 1.29 is 0 Å². The van der Waals surface area contributed by atoms with E-state index in [1.165, 1.54) is 5.56 Å². The van der Waals surface area contributed by atoms with Crippen LogP contribution in [0.15, 0.2) is 48.8 Å². The number of nitriles is 1. The standard InChI is InChI=1S/C18H18N4/c1-20-8-7-16(13-5-3-2-4-6-13)14-9-17-15(10-19)12-22-18(17)21-11-14/h2-6,9,11-12,16,20H,7-8H2,1H3,(H,21,22). The van der Waals surface area contributed by atoms with Crippen molar-refractivity contribution in [3.63, 3.8) is 0 Å². The van der Waals surface area contributed by atoms with E-state index in [9.17, 15) is 5.26 Å². The van der Waals surface area contributed by atoms with Gasteiger partial charge in [0.2, 0.25) is 0 Å². The predicted molar refractivity (Wildman–Crippen MR) is 87.6 cm³/mol. The van der Waals surface area contributed by atoms with Crippen LogP contribution in [0.5, 0.6) is 0 Å². The second-order valence-corrected chi connectivity index (χ2v) is 5.33. The van der Waals surface area contributed by atoms with E-state index in [0.717, 1.165) is 29.6 Å². The molecular weight excluding hydrogens is 272 g/mol. The van der Waals surface area contributed by atoms with Crippen LogP contribution >= 0.6 is 0 Å². The van der Waals surface area contributed by atoms with Crippen molar-refractivity contribution in [2.45, 2.75) is 12.3 Å². The molecule has 2 heterocycles. The molecule has 0 radical (unpaired) electrons. The summed E-state index contributed by atoms with van der Waals surface area (Å²) in [5.74, 6) is 0.270. The van der Waals surface area contributed by atoms with Gasteiger partial charge in [-0.15, -0.1) is 0 Å². The Morgan fingerprint density at radius 3 is 2.82 bits per heavy atom. The zero-order valence-electron chi connectivity index (χ0n) is 12.5. The van der Waals surface area contributed by atoms with E-state index in [0.29, 0.717) is 5.56 Å². The van der Waals surface area contributed by atoms with E-state index >= 15 is 0 Å². The molecule has 4 heteroatoms. The van der Waals surface area contributed by atoms with Crippen molar-refractivity contribution in [2.75, 3.05) is 13.6 Å². The predicted octanol–water partition coefficient (Wildman–Crippen LogP) is 3.18.